The number of Topliss-reactive ketones (excluding diaryl/α,β-unsaturated/α-hetero) is 1. The van der Waals surface area contributed by atoms with Crippen LogP contribution in [0.5, 0.6) is 0 Å². The Kier molecular flexibility index (Phi) is 3.15. The van der Waals surface area contributed by atoms with E-state index in [1.54, 1.807) is 0 Å². The van der Waals surface area contributed by atoms with E-state index in [-0.39, 0.29) is 5.92 Å². The molecule has 15 heavy (non-hydrogen) atoms. The largest absolute Gasteiger partial charge is 0.294 e. The summed E-state index contributed by atoms with van der Waals surface area (Å²) < 4.78 is 0. The fourth-order valence-corrected chi connectivity index (χ4v) is 3.09. The van der Waals surface area contributed by atoms with Crippen LogP contribution in [0, 0.1) is 19.8 Å². The molecule has 0 amide bonds. The van der Waals surface area contributed by atoms with E-state index in [1.165, 1.54) is 11.1 Å². The van der Waals surface area contributed by atoms with Gasteiger partial charge in [-0.1, -0.05) is 12.1 Å². The zero-order chi connectivity index (χ0) is 10.8. The molecule has 0 spiro atoms. The SMILES string of the molecule is Cc1ccc(C(=O)C2CCSC2)cc1C. The van der Waals surface area contributed by atoms with E-state index in [2.05, 4.69) is 13.8 Å². The van der Waals surface area contributed by atoms with Crippen LogP contribution in [0.2, 0.25) is 0 Å². The lowest BCUT2D eigenvalue weighted by molar-refractivity contribution is 0.0933. The van der Waals surface area contributed by atoms with Gasteiger partial charge in [0, 0.05) is 17.2 Å². The minimum atomic E-state index is 0.261. The second-order valence-corrected chi connectivity index (χ2v) is 5.37. The Bertz CT molecular complexity index is 378. The fraction of sp³-hybridized carbons (Fsp3) is 0.462. The topological polar surface area (TPSA) is 17.1 Å². The number of hydrogen-bond acceptors (Lipinski definition) is 2. The predicted octanol–water partition coefficient (Wildman–Crippen LogP) is 3.24. The quantitative estimate of drug-likeness (QED) is 0.712. The maximum atomic E-state index is 12.1. The van der Waals surface area contributed by atoms with Crippen molar-refractivity contribution < 1.29 is 4.79 Å². The molecule has 0 N–H and O–H groups in total. The molecular formula is C13H16OS. The summed E-state index contributed by atoms with van der Waals surface area (Å²) in [5, 5.41) is 0. The number of ketones is 1. The molecule has 1 aliphatic heterocycles. The Morgan fingerprint density at radius 1 is 1.33 bits per heavy atom. The monoisotopic (exact) mass is 220 g/mol. The van der Waals surface area contributed by atoms with Gasteiger partial charge in [-0.3, -0.25) is 4.79 Å². The highest BCUT2D eigenvalue weighted by Crippen LogP contribution is 2.27. The van der Waals surface area contributed by atoms with E-state index < -0.39 is 0 Å². The Balaban J connectivity index is 2.21. The molecule has 1 aromatic rings. The molecule has 0 aromatic heterocycles. The molecule has 0 saturated carbocycles. The van der Waals surface area contributed by atoms with E-state index in [0.29, 0.717) is 5.78 Å². The molecule has 0 bridgehead atoms. The number of hydrogen-bond donors (Lipinski definition) is 0. The van der Waals surface area contributed by atoms with Crippen LogP contribution in [0.15, 0.2) is 18.2 Å². The van der Waals surface area contributed by atoms with Crippen LogP contribution < -0.4 is 0 Å². The van der Waals surface area contributed by atoms with Crippen molar-refractivity contribution in [3.8, 4) is 0 Å². The van der Waals surface area contributed by atoms with Crippen LogP contribution in [0.25, 0.3) is 0 Å². The zero-order valence-electron chi connectivity index (χ0n) is 9.25. The molecule has 0 aliphatic carbocycles. The first-order chi connectivity index (χ1) is 7.18. The summed E-state index contributed by atoms with van der Waals surface area (Å²) in [5.74, 6) is 2.74. The van der Waals surface area contributed by atoms with Crippen LogP contribution in [-0.4, -0.2) is 17.3 Å². The molecule has 1 aliphatic rings. The van der Waals surface area contributed by atoms with Crippen LogP contribution in [0.3, 0.4) is 0 Å². The number of aryl methyl sites for hydroxylation is 2. The van der Waals surface area contributed by atoms with E-state index in [4.69, 9.17) is 0 Å². The highest BCUT2D eigenvalue weighted by molar-refractivity contribution is 7.99. The smallest absolute Gasteiger partial charge is 0.166 e. The Labute approximate surface area is 95.3 Å². The van der Waals surface area contributed by atoms with Gasteiger partial charge in [-0.25, -0.2) is 0 Å². The van der Waals surface area contributed by atoms with Gasteiger partial charge in [0.25, 0.3) is 0 Å². The summed E-state index contributed by atoms with van der Waals surface area (Å²) in [6.07, 6.45) is 1.05. The van der Waals surface area contributed by atoms with Gasteiger partial charge in [0.05, 0.1) is 0 Å². The second kappa shape index (κ2) is 4.40. The summed E-state index contributed by atoms with van der Waals surface area (Å²) >= 11 is 1.89. The lowest BCUT2D eigenvalue weighted by Gasteiger charge is -2.08. The first-order valence-corrected chi connectivity index (χ1v) is 6.53. The van der Waals surface area contributed by atoms with Gasteiger partial charge in [-0.15, -0.1) is 0 Å². The van der Waals surface area contributed by atoms with E-state index in [9.17, 15) is 4.79 Å². The zero-order valence-corrected chi connectivity index (χ0v) is 10.1. The third-order valence-electron chi connectivity index (χ3n) is 3.09. The van der Waals surface area contributed by atoms with Gasteiger partial charge in [0.2, 0.25) is 0 Å². The normalized spacial score (nSPS) is 20.5. The fourth-order valence-electron chi connectivity index (χ4n) is 1.87. The molecule has 1 aromatic carbocycles. The van der Waals surface area contributed by atoms with Crippen molar-refractivity contribution in [3.63, 3.8) is 0 Å². The van der Waals surface area contributed by atoms with Gasteiger partial charge < -0.3 is 0 Å². The van der Waals surface area contributed by atoms with Crippen molar-refractivity contribution in [2.45, 2.75) is 20.3 Å². The maximum Gasteiger partial charge on any atom is 0.166 e. The van der Waals surface area contributed by atoms with Crippen molar-refractivity contribution in [3.05, 3.63) is 34.9 Å². The summed E-state index contributed by atoms with van der Waals surface area (Å²) in [5.41, 5.74) is 3.37. The van der Waals surface area contributed by atoms with Gasteiger partial charge in [-0.2, -0.15) is 11.8 Å². The van der Waals surface area contributed by atoms with Crippen LogP contribution in [0.1, 0.15) is 27.9 Å². The third kappa shape index (κ3) is 2.25. The van der Waals surface area contributed by atoms with Gasteiger partial charge in [0.1, 0.15) is 0 Å². The van der Waals surface area contributed by atoms with Gasteiger partial charge in [-0.05, 0) is 43.2 Å². The standard InChI is InChI=1S/C13H16OS/c1-9-3-4-11(7-10(9)2)13(14)12-5-6-15-8-12/h3-4,7,12H,5-6,8H2,1-2H3. The highest BCUT2D eigenvalue weighted by Gasteiger charge is 2.24. The summed E-state index contributed by atoms with van der Waals surface area (Å²) in [7, 11) is 0. The van der Waals surface area contributed by atoms with Gasteiger partial charge >= 0.3 is 0 Å². The van der Waals surface area contributed by atoms with E-state index >= 15 is 0 Å². The molecule has 0 radical (unpaired) electrons. The molecule has 2 rings (SSSR count). The predicted molar refractivity (Wildman–Crippen MR) is 65.7 cm³/mol. The van der Waals surface area contributed by atoms with Crippen molar-refractivity contribution in [2.75, 3.05) is 11.5 Å². The lowest BCUT2D eigenvalue weighted by Crippen LogP contribution is -2.14. The maximum absolute atomic E-state index is 12.1. The minimum absolute atomic E-state index is 0.261. The molecule has 1 unspecified atom stereocenters. The van der Waals surface area contributed by atoms with Crippen LogP contribution in [0.4, 0.5) is 0 Å². The molecule has 1 nitrogen and oxygen atoms in total. The van der Waals surface area contributed by atoms with Gasteiger partial charge in [0.15, 0.2) is 5.78 Å². The molecule has 80 valence electrons. The highest BCUT2D eigenvalue weighted by atomic mass is 32.2. The number of benzene rings is 1. The first kappa shape index (κ1) is 10.7. The average molecular weight is 220 g/mol. The van der Waals surface area contributed by atoms with Crippen molar-refractivity contribution in [2.24, 2.45) is 5.92 Å². The molecule has 1 fully saturated rings. The number of rotatable bonds is 2. The van der Waals surface area contributed by atoms with Crippen molar-refractivity contribution in [1.29, 1.82) is 0 Å². The minimum Gasteiger partial charge on any atom is -0.294 e. The Hall–Kier alpha value is -0.760. The summed E-state index contributed by atoms with van der Waals surface area (Å²) in [4.78, 5) is 12.1. The second-order valence-electron chi connectivity index (χ2n) is 4.22. The van der Waals surface area contributed by atoms with E-state index in [0.717, 1.165) is 23.5 Å². The average Bonchev–Trinajstić information content (AvgIpc) is 2.74. The molecule has 1 heterocycles. The van der Waals surface area contributed by atoms with E-state index in [1.807, 2.05) is 30.0 Å². The molecule has 1 saturated heterocycles. The van der Waals surface area contributed by atoms with Crippen LogP contribution >= 0.6 is 11.8 Å². The Morgan fingerprint density at radius 2 is 2.13 bits per heavy atom. The van der Waals surface area contributed by atoms with Crippen molar-refractivity contribution in [1.82, 2.24) is 0 Å². The van der Waals surface area contributed by atoms with Crippen LogP contribution in [-0.2, 0) is 0 Å². The molecule has 1 atom stereocenters. The van der Waals surface area contributed by atoms with Crippen molar-refractivity contribution >= 4 is 17.5 Å². The molecular weight excluding hydrogens is 204 g/mol. The number of thioether (sulfide) groups is 1. The third-order valence-corrected chi connectivity index (χ3v) is 4.25. The first-order valence-electron chi connectivity index (χ1n) is 5.37. The number of carbonyl (C=O) groups is 1. The Morgan fingerprint density at radius 3 is 2.73 bits per heavy atom. The number of carbonyl (C=O) groups excluding carboxylic acids is 1. The lowest BCUT2D eigenvalue weighted by atomic mass is 9.95. The summed E-state index contributed by atoms with van der Waals surface area (Å²) in [6.45, 7) is 4.14. The summed E-state index contributed by atoms with van der Waals surface area (Å²) in [6, 6.07) is 6.04. The molecule has 2 heteroatoms.